The minimum atomic E-state index is -0.0191. The number of benzene rings is 1. The lowest BCUT2D eigenvalue weighted by Gasteiger charge is -2.38. The van der Waals surface area contributed by atoms with Crippen molar-refractivity contribution in [2.24, 2.45) is 5.92 Å². The summed E-state index contributed by atoms with van der Waals surface area (Å²) in [6.45, 7) is 10.1. The Labute approximate surface area is 175 Å². The first-order valence-electron chi connectivity index (χ1n) is 10.7. The lowest BCUT2D eigenvalue weighted by atomic mass is 9.97. The topological polar surface area (TPSA) is 59.1 Å². The summed E-state index contributed by atoms with van der Waals surface area (Å²) in [6, 6.07) is 7.55. The van der Waals surface area contributed by atoms with Gasteiger partial charge in [0.2, 0.25) is 0 Å². The predicted octanol–water partition coefficient (Wildman–Crippen LogP) is 3.60. The van der Waals surface area contributed by atoms with Crippen LogP contribution in [0.1, 0.15) is 57.3 Å². The quantitative estimate of drug-likeness (QED) is 0.631. The van der Waals surface area contributed by atoms with E-state index < -0.39 is 0 Å². The number of carbonyl (C=O) groups excluding carboxylic acids is 2. The maximum Gasteiger partial charge on any atom is 0.260 e. The molecule has 0 spiro atoms. The van der Waals surface area contributed by atoms with Crippen LogP contribution in [-0.2, 0) is 9.53 Å². The molecule has 0 radical (unpaired) electrons. The Morgan fingerprint density at radius 1 is 1.14 bits per heavy atom. The van der Waals surface area contributed by atoms with Crippen molar-refractivity contribution < 1.29 is 19.1 Å². The van der Waals surface area contributed by atoms with Gasteiger partial charge in [-0.2, -0.15) is 0 Å². The van der Waals surface area contributed by atoms with Gasteiger partial charge < -0.3 is 19.3 Å². The van der Waals surface area contributed by atoms with E-state index in [1.54, 1.807) is 31.4 Å². The summed E-state index contributed by atoms with van der Waals surface area (Å²) in [7, 11) is 1.64. The maximum atomic E-state index is 12.8. The Morgan fingerprint density at radius 2 is 1.76 bits per heavy atom. The van der Waals surface area contributed by atoms with Gasteiger partial charge in [0.25, 0.3) is 11.8 Å². The van der Waals surface area contributed by atoms with Gasteiger partial charge in [-0.25, -0.2) is 0 Å². The monoisotopic (exact) mass is 404 g/mol. The highest BCUT2D eigenvalue weighted by Gasteiger charge is 2.29. The zero-order valence-electron chi connectivity index (χ0n) is 18.5. The normalized spacial score (nSPS) is 19.3. The van der Waals surface area contributed by atoms with Crippen LogP contribution in [-0.4, -0.2) is 67.1 Å². The molecule has 0 N–H and O–H groups in total. The van der Waals surface area contributed by atoms with Crippen LogP contribution in [0.5, 0.6) is 5.75 Å². The van der Waals surface area contributed by atoms with E-state index in [9.17, 15) is 9.59 Å². The largest absolute Gasteiger partial charge is 0.484 e. The number of piperidine rings is 1. The van der Waals surface area contributed by atoms with Gasteiger partial charge in [-0.1, -0.05) is 13.8 Å². The average molecular weight is 405 g/mol. The molecule has 1 aliphatic rings. The van der Waals surface area contributed by atoms with Gasteiger partial charge in [0.05, 0.1) is 6.61 Å². The van der Waals surface area contributed by atoms with E-state index in [1.807, 2.05) is 9.80 Å². The highest BCUT2D eigenvalue weighted by atomic mass is 16.5. The van der Waals surface area contributed by atoms with Crippen LogP contribution in [0.3, 0.4) is 0 Å². The van der Waals surface area contributed by atoms with Crippen LogP contribution in [0.25, 0.3) is 0 Å². The van der Waals surface area contributed by atoms with Gasteiger partial charge in [0.15, 0.2) is 6.61 Å². The Morgan fingerprint density at radius 3 is 2.31 bits per heavy atom. The van der Waals surface area contributed by atoms with Gasteiger partial charge in [0, 0.05) is 37.8 Å². The average Bonchev–Trinajstić information content (AvgIpc) is 2.69. The van der Waals surface area contributed by atoms with Gasteiger partial charge in [-0.3, -0.25) is 9.59 Å². The molecule has 0 bridgehead atoms. The molecule has 1 aromatic rings. The van der Waals surface area contributed by atoms with E-state index in [0.29, 0.717) is 36.9 Å². The van der Waals surface area contributed by atoms with Crippen LogP contribution in [0, 0.1) is 5.92 Å². The Balaban J connectivity index is 1.94. The zero-order chi connectivity index (χ0) is 21.4. The molecule has 2 unspecified atom stereocenters. The molecule has 0 saturated carbocycles. The SMILES string of the molecule is COCCN(CC(C)C)C(=O)c1ccc(OCC(=O)N2C(C)CCCC2C)cc1. The first-order chi connectivity index (χ1) is 13.8. The van der Waals surface area contributed by atoms with Crippen LogP contribution >= 0.6 is 0 Å². The van der Waals surface area contributed by atoms with Crippen molar-refractivity contribution in [2.45, 2.75) is 59.0 Å². The van der Waals surface area contributed by atoms with Gasteiger partial charge in [-0.15, -0.1) is 0 Å². The van der Waals surface area contributed by atoms with Crippen molar-refractivity contribution in [2.75, 3.05) is 33.4 Å². The molecule has 162 valence electrons. The third-order valence-corrected chi connectivity index (χ3v) is 5.38. The zero-order valence-corrected chi connectivity index (χ0v) is 18.5. The molecule has 1 saturated heterocycles. The number of likely N-dealkylation sites (tertiary alicyclic amines) is 1. The van der Waals surface area contributed by atoms with Gasteiger partial charge in [0.1, 0.15) is 5.75 Å². The third kappa shape index (κ3) is 6.74. The maximum absolute atomic E-state index is 12.8. The number of rotatable bonds is 9. The minimum absolute atomic E-state index is 0.0191. The molecule has 2 rings (SSSR count). The molecule has 2 amide bonds. The number of methoxy groups -OCH3 is 1. The van der Waals surface area contributed by atoms with Crippen molar-refractivity contribution in [3.05, 3.63) is 29.8 Å². The van der Waals surface area contributed by atoms with Crippen LogP contribution in [0.4, 0.5) is 0 Å². The van der Waals surface area contributed by atoms with Gasteiger partial charge >= 0.3 is 0 Å². The number of hydrogen-bond donors (Lipinski definition) is 0. The van der Waals surface area contributed by atoms with E-state index in [-0.39, 0.29) is 30.5 Å². The van der Waals surface area contributed by atoms with Crippen molar-refractivity contribution in [3.63, 3.8) is 0 Å². The summed E-state index contributed by atoms with van der Waals surface area (Å²) in [4.78, 5) is 29.2. The van der Waals surface area contributed by atoms with Crippen molar-refractivity contribution in [1.82, 2.24) is 9.80 Å². The highest BCUT2D eigenvalue weighted by molar-refractivity contribution is 5.94. The number of hydrogen-bond acceptors (Lipinski definition) is 4. The van der Waals surface area contributed by atoms with E-state index in [2.05, 4.69) is 27.7 Å². The first kappa shape index (κ1) is 23.2. The van der Waals surface area contributed by atoms with Crippen molar-refractivity contribution >= 4 is 11.8 Å². The number of amides is 2. The molecule has 1 heterocycles. The third-order valence-electron chi connectivity index (χ3n) is 5.38. The lowest BCUT2D eigenvalue weighted by Crippen LogP contribution is -2.49. The fourth-order valence-corrected chi connectivity index (χ4v) is 3.93. The number of nitrogens with zero attached hydrogens (tertiary/aromatic N) is 2. The Kier molecular flexibility index (Phi) is 8.96. The highest BCUT2D eigenvalue weighted by Crippen LogP contribution is 2.23. The van der Waals surface area contributed by atoms with Crippen LogP contribution in [0.15, 0.2) is 24.3 Å². The van der Waals surface area contributed by atoms with Gasteiger partial charge in [-0.05, 0) is 63.3 Å². The summed E-state index contributed by atoms with van der Waals surface area (Å²) in [5, 5.41) is 0. The molecule has 0 aliphatic carbocycles. The van der Waals surface area contributed by atoms with E-state index in [1.165, 1.54) is 6.42 Å². The molecule has 1 aliphatic heterocycles. The summed E-state index contributed by atoms with van der Waals surface area (Å²) in [6.07, 6.45) is 3.26. The Bertz CT molecular complexity index is 649. The molecule has 0 aromatic heterocycles. The van der Waals surface area contributed by atoms with Crippen molar-refractivity contribution in [1.29, 1.82) is 0 Å². The fourth-order valence-electron chi connectivity index (χ4n) is 3.93. The molecule has 29 heavy (non-hydrogen) atoms. The molecule has 6 nitrogen and oxygen atoms in total. The predicted molar refractivity (Wildman–Crippen MR) is 114 cm³/mol. The second kappa shape index (κ2) is 11.2. The van der Waals surface area contributed by atoms with Crippen LogP contribution < -0.4 is 4.74 Å². The second-order valence-corrected chi connectivity index (χ2v) is 8.38. The van der Waals surface area contributed by atoms with Crippen molar-refractivity contribution in [3.8, 4) is 5.75 Å². The Hall–Kier alpha value is -2.08. The van der Waals surface area contributed by atoms with E-state index in [0.717, 1.165) is 12.8 Å². The number of ether oxygens (including phenoxy) is 2. The van der Waals surface area contributed by atoms with E-state index >= 15 is 0 Å². The lowest BCUT2D eigenvalue weighted by molar-refractivity contribution is -0.139. The van der Waals surface area contributed by atoms with E-state index in [4.69, 9.17) is 9.47 Å². The minimum Gasteiger partial charge on any atom is -0.484 e. The molecule has 6 heteroatoms. The summed E-state index contributed by atoms with van der Waals surface area (Å²) in [5.74, 6) is 0.977. The fraction of sp³-hybridized carbons (Fsp3) is 0.652. The smallest absolute Gasteiger partial charge is 0.260 e. The first-order valence-corrected chi connectivity index (χ1v) is 10.7. The summed E-state index contributed by atoms with van der Waals surface area (Å²) >= 11 is 0. The molecular formula is C23H36N2O4. The molecule has 2 atom stereocenters. The standard InChI is InChI=1S/C23H36N2O4/c1-17(2)15-24(13-14-28-5)23(27)20-9-11-21(12-10-20)29-16-22(26)25-18(3)7-6-8-19(25)4/h9-12,17-19H,6-8,13-16H2,1-5H3. The molecule has 1 fully saturated rings. The van der Waals surface area contributed by atoms with Crippen LogP contribution in [0.2, 0.25) is 0 Å². The number of carbonyl (C=O) groups is 2. The summed E-state index contributed by atoms with van der Waals surface area (Å²) in [5.41, 5.74) is 0.610. The molecule has 1 aromatic carbocycles. The second-order valence-electron chi connectivity index (χ2n) is 8.38. The molecular weight excluding hydrogens is 368 g/mol. The summed E-state index contributed by atoms with van der Waals surface area (Å²) < 4.78 is 10.8.